The zero-order valence-corrected chi connectivity index (χ0v) is 23.5. The smallest absolute Gasteiger partial charge is 0.234 e. The third-order valence-corrected chi connectivity index (χ3v) is 9.00. The van der Waals surface area contributed by atoms with E-state index in [-0.39, 0.29) is 24.5 Å². The molecular formula is C32H45NO5. The molecule has 4 rings (SSSR count). The highest BCUT2D eigenvalue weighted by Crippen LogP contribution is 2.48. The summed E-state index contributed by atoms with van der Waals surface area (Å²) in [6.07, 6.45) is 9.59. The Morgan fingerprint density at radius 1 is 1.11 bits per heavy atom. The van der Waals surface area contributed by atoms with Crippen molar-refractivity contribution in [3.05, 3.63) is 45.5 Å². The van der Waals surface area contributed by atoms with Gasteiger partial charge in [-0.1, -0.05) is 49.8 Å². The molecule has 1 saturated carbocycles. The fourth-order valence-electron chi connectivity index (χ4n) is 7.17. The zero-order chi connectivity index (χ0) is 27.6. The number of imide groups is 1. The number of fused-ring (bicyclic) bond motifs is 1. The second kappa shape index (κ2) is 12.2. The van der Waals surface area contributed by atoms with Crippen LogP contribution in [-0.2, 0) is 9.59 Å². The molecular weight excluding hydrogens is 478 g/mol. The Morgan fingerprint density at radius 2 is 1.76 bits per heavy atom. The van der Waals surface area contributed by atoms with Gasteiger partial charge in [-0.3, -0.25) is 14.5 Å². The van der Waals surface area contributed by atoms with Crippen LogP contribution < -0.4 is 0 Å². The van der Waals surface area contributed by atoms with Gasteiger partial charge in [0.15, 0.2) is 0 Å². The monoisotopic (exact) mass is 523 g/mol. The fourth-order valence-corrected chi connectivity index (χ4v) is 7.17. The molecule has 38 heavy (non-hydrogen) atoms. The maximum Gasteiger partial charge on any atom is 0.234 e. The van der Waals surface area contributed by atoms with Crippen LogP contribution in [0.2, 0.25) is 0 Å². The molecule has 0 radical (unpaired) electrons. The van der Waals surface area contributed by atoms with Crippen LogP contribution in [0.1, 0.15) is 94.7 Å². The van der Waals surface area contributed by atoms with Crippen molar-refractivity contribution in [3.8, 4) is 5.75 Å². The van der Waals surface area contributed by atoms with Crippen LogP contribution >= 0.6 is 0 Å². The SMILES string of the molecule is CCCC1=C([C@H](O)CC/C(C)=C/c2cc(C)c(O)c(C)c2)[C@H](CO)[C@@H]2C(=O)N(C3CCCCC3)C(=O)[C@@H]2C1. The number of aliphatic hydroxyl groups is 2. The number of hydrogen-bond acceptors (Lipinski definition) is 5. The van der Waals surface area contributed by atoms with E-state index < -0.39 is 23.9 Å². The normalized spacial score (nSPS) is 25.8. The largest absolute Gasteiger partial charge is 0.507 e. The van der Waals surface area contributed by atoms with E-state index in [1.807, 2.05) is 32.9 Å². The Bertz CT molecular complexity index is 1090. The summed E-state index contributed by atoms with van der Waals surface area (Å²) in [5, 5.41) is 32.1. The number of carbonyl (C=O) groups is 2. The van der Waals surface area contributed by atoms with Gasteiger partial charge in [-0.05, 0) is 93.7 Å². The van der Waals surface area contributed by atoms with E-state index in [1.165, 1.54) is 0 Å². The van der Waals surface area contributed by atoms with Gasteiger partial charge in [-0.15, -0.1) is 0 Å². The minimum absolute atomic E-state index is 0.0170. The standard InChI is InChI=1S/C32H45NO5/c1-5-9-23-17-25-29(32(38)33(31(25)37)24-10-7-6-8-11-24)26(18-34)28(23)27(35)13-12-19(2)14-22-15-20(3)30(36)21(4)16-22/h14-16,24-27,29,34-36H,5-13,17-18H2,1-4H3/b19-14+/t25-,26+,27-,29-/m1/s1. The van der Waals surface area contributed by atoms with Gasteiger partial charge in [-0.2, -0.15) is 0 Å². The topological polar surface area (TPSA) is 98.1 Å². The van der Waals surface area contributed by atoms with Gasteiger partial charge in [0.05, 0.1) is 24.5 Å². The maximum atomic E-state index is 13.7. The molecule has 0 spiro atoms. The molecule has 1 saturated heterocycles. The molecule has 3 aliphatic rings. The van der Waals surface area contributed by atoms with Crippen LogP contribution in [-0.4, -0.2) is 50.8 Å². The Balaban J connectivity index is 1.54. The Morgan fingerprint density at radius 3 is 2.37 bits per heavy atom. The quantitative estimate of drug-likeness (QED) is 0.289. The van der Waals surface area contributed by atoms with Crippen molar-refractivity contribution in [3.63, 3.8) is 0 Å². The van der Waals surface area contributed by atoms with Crippen LogP contribution in [0.4, 0.5) is 0 Å². The van der Waals surface area contributed by atoms with E-state index in [2.05, 4.69) is 13.0 Å². The van der Waals surface area contributed by atoms with E-state index in [0.29, 0.717) is 25.0 Å². The number of carbonyl (C=O) groups excluding carboxylic acids is 2. The lowest BCUT2D eigenvalue weighted by molar-refractivity contribution is -0.143. The van der Waals surface area contributed by atoms with E-state index in [9.17, 15) is 24.9 Å². The third kappa shape index (κ3) is 5.62. The van der Waals surface area contributed by atoms with Gasteiger partial charge < -0.3 is 15.3 Å². The van der Waals surface area contributed by atoms with Crippen LogP contribution in [0, 0.1) is 31.6 Å². The number of amides is 2. The van der Waals surface area contributed by atoms with Crippen molar-refractivity contribution >= 4 is 17.9 Å². The lowest BCUT2D eigenvalue weighted by Gasteiger charge is -2.36. The highest BCUT2D eigenvalue weighted by molar-refractivity contribution is 6.06. The third-order valence-electron chi connectivity index (χ3n) is 9.00. The second-order valence-electron chi connectivity index (χ2n) is 11.8. The number of phenolic OH excluding ortho intramolecular Hbond substituents is 1. The number of hydrogen-bond donors (Lipinski definition) is 3. The molecule has 6 heteroatoms. The maximum absolute atomic E-state index is 13.7. The predicted octanol–water partition coefficient (Wildman–Crippen LogP) is 5.60. The molecule has 4 atom stereocenters. The molecule has 2 amide bonds. The molecule has 0 bridgehead atoms. The number of nitrogens with zero attached hydrogens (tertiary/aromatic N) is 1. The molecule has 0 aromatic heterocycles. The number of allylic oxidation sites excluding steroid dienone is 2. The van der Waals surface area contributed by atoms with Crippen molar-refractivity contribution in [2.45, 2.75) is 104 Å². The first-order valence-corrected chi connectivity index (χ1v) is 14.5. The molecule has 1 aliphatic heterocycles. The van der Waals surface area contributed by atoms with Crippen molar-refractivity contribution in [1.29, 1.82) is 0 Å². The number of aromatic hydroxyl groups is 1. The summed E-state index contributed by atoms with van der Waals surface area (Å²) in [5.74, 6) is -1.38. The number of phenols is 1. The molecule has 6 nitrogen and oxygen atoms in total. The van der Waals surface area contributed by atoms with Gasteiger partial charge in [0, 0.05) is 12.0 Å². The Kier molecular flexibility index (Phi) is 9.15. The average Bonchev–Trinajstić information content (AvgIpc) is 3.14. The van der Waals surface area contributed by atoms with Crippen LogP contribution in [0.5, 0.6) is 5.75 Å². The summed E-state index contributed by atoms with van der Waals surface area (Å²) in [4.78, 5) is 28.7. The van der Waals surface area contributed by atoms with Gasteiger partial charge in [0.25, 0.3) is 0 Å². The Hall–Kier alpha value is -2.44. The lowest BCUT2D eigenvalue weighted by Crippen LogP contribution is -2.42. The van der Waals surface area contributed by atoms with Gasteiger partial charge in [0.1, 0.15) is 5.75 Å². The van der Waals surface area contributed by atoms with Gasteiger partial charge in [-0.25, -0.2) is 0 Å². The summed E-state index contributed by atoms with van der Waals surface area (Å²) in [7, 11) is 0. The van der Waals surface area contributed by atoms with Crippen molar-refractivity contribution < 1.29 is 24.9 Å². The van der Waals surface area contributed by atoms with E-state index >= 15 is 0 Å². The highest BCUT2D eigenvalue weighted by atomic mass is 16.3. The Labute approximate surface area is 227 Å². The van der Waals surface area contributed by atoms with Gasteiger partial charge in [0.2, 0.25) is 11.8 Å². The van der Waals surface area contributed by atoms with Crippen LogP contribution in [0.15, 0.2) is 28.9 Å². The van der Waals surface area contributed by atoms with Gasteiger partial charge >= 0.3 is 0 Å². The second-order valence-corrected chi connectivity index (χ2v) is 11.8. The number of rotatable bonds is 9. The van der Waals surface area contributed by atoms with E-state index in [4.69, 9.17) is 0 Å². The molecule has 0 unspecified atom stereocenters. The molecule has 3 N–H and O–H groups in total. The first-order valence-electron chi connectivity index (χ1n) is 14.5. The summed E-state index contributed by atoms with van der Waals surface area (Å²) in [6, 6.07) is 3.89. The first-order chi connectivity index (χ1) is 18.2. The predicted molar refractivity (Wildman–Crippen MR) is 149 cm³/mol. The average molecular weight is 524 g/mol. The summed E-state index contributed by atoms with van der Waals surface area (Å²) < 4.78 is 0. The molecule has 2 aliphatic carbocycles. The van der Waals surface area contributed by atoms with Crippen LogP contribution in [0.25, 0.3) is 6.08 Å². The van der Waals surface area contributed by atoms with Crippen molar-refractivity contribution in [2.75, 3.05) is 6.61 Å². The molecule has 1 aromatic rings. The van der Waals surface area contributed by atoms with Crippen LogP contribution in [0.3, 0.4) is 0 Å². The minimum Gasteiger partial charge on any atom is -0.507 e. The zero-order valence-electron chi connectivity index (χ0n) is 23.5. The van der Waals surface area contributed by atoms with E-state index in [1.54, 1.807) is 4.90 Å². The fraction of sp³-hybridized carbons (Fsp3) is 0.625. The summed E-state index contributed by atoms with van der Waals surface area (Å²) in [5.41, 5.74) is 5.64. The number of benzene rings is 1. The van der Waals surface area contributed by atoms with Crippen molar-refractivity contribution in [2.24, 2.45) is 17.8 Å². The van der Waals surface area contributed by atoms with E-state index in [0.717, 1.165) is 78.4 Å². The molecule has 1 aromatic carbocycles. The highest BCUT2D eigenvalue weighted by Gasteiger charge is 2.56. The number of aryl methyl sites for hydroxylation is 2. The lowest BCUT2D eigenvalue weighted by atomic mass is 9.67. The molecule has 1 heterocycles. The number of aliphatic hydroxyl groups excluding tert-OH is 2. The van der Waals surface area contributed by atoms with Crippen molar-refractivity contribution in [1.82, 2.24) is 4.90 Å². The number of likely N-dealkylation sites (tertiary alicyclic amines) is 1. The summed E-state index contributed by atoms with van der Waals surface area (Å²) in [6.45, 7) is 7.65. The first kappa shape index (κ1) is 28.6. The summed E-state index contributed by atoms with van der Waals surface area (Å²) >= 11 is 0. The molecule has 2 fully saturated rings. The molecule has 208 valence electrons. The minimum atomic E-state index is -0.770.